The van der Waals surface area contributed by atoms with Crippen LogP contribution in [-0.2, 0) is 16.0 Å². The second-order valence-electron chi connectivity index (χ2n) is 9.59. The molecule has 2 atom stereocenters. The minimum atomic E-state index is -0.991. The molecule has 2 aliphatic carbocycles. The number of thiol groups is 1. The van der Waals surface area contributed by atoms with Gasteiger partial charge in [0, 0.05) is 17.8 Å². The molecule has 0 radical (unpaired) electrons. The van der Waals surface area contributed by atoms with Gasteiger partial charge in [0.2, 0.25) is 5.91 Å². The number of nitrogens with one attached hydrogen (secondary N) is 2. The Kier molecular flexibility index (Phi) is 14.8. The van der Waals surface area contributed by atoms with Gasteiger partial charge < -0.3 is 15.7 Å². The largest absolute Gasteiger partial charge is 0.480 e. The molecule has 0 saturated heterocycles. The minimum absolute atomic E-state index is 0.248. The van der Waals surface area contributed by atoms with Crippen molar-refractivity contribution in [2.24, 2.45) is 5.92 Å². The van der Waals surface area contributed by atoms with Crippen LogP contribution in [0.15, 0.2) is 30.3 Å². The third-order valence-corrected chi connectivity index (χ3v) is 7.91. The van der Waals surface area contributed by atoms with Crippen LogP contribution in [0.25, 0.3) is 0 Å². The maximum Gasteiger partial charge on any atom is 0.326 e. The van der Waals surface area contributed by atoms with Gasteiger partial charge in [-0.2, -0.15) is 24.4 Å². The van der Waals surface area contributed by atoms with Gasteiger partial charge in [0.25, 0.3) is 0 Å². The zero-order valence-electron chi connectivity index (χ0n) is 20.7. The maximum absolute atomic E-state index is 12.2. The number of benzene rings is 1. The standard InChI is InChI=1S/C15H21NO3S2.C12H23N/c1-21-8-7-13(15(18)19)16-14(17)12(10-20)9-11-5-3-2-4-6-11;1-3-7-11(8-4-1)13-12-9-5-2-6-10-12/h2-6,12-13,20H,7-10H2,1H3,(H,16,17)(H,18,19);11-13H,1-10H2/t12?,13-;/m0./s1. The molecule has 192 valence electrons. The Hall–Kier alpha value is -1.18. The Bertz CT molecular complexity index is 676. The molecule has 0 aromatic heterocycles. The second-order valence-corrected chi connectivity index (χ2v) is 10.9. The summed E-state index contributed by atoms with van der Waals surface area (Å²) in [5.41, 5.74) is 1.04. The van der Waals surface area contributed by atoms with E-state index in [9.17, 15) is 9.59 Å². The first-order chi connectivity index (χ1) is 16.5. The fraction of sp³-hybridized carbons (Fsp3) is 0.704. The van der Waals surface area contributed by atoms with E-state index in [0.717, 1.165) is 17.6 Å². The molecule has 34 heavy (non-hydrogen) atoms. The Morgan fingerprint density at radius 1 is 1.00 bits per heavy atom. The smallest absolute Gasteiger partial charge is 0.326 e. The molecule has 1 unspecified atom stereocenters. The van der Waals surface area contributed by atoms with Crippen LogP contribution in [0, 0.1) is 5.92 Å². The van der Waals surface area contributed by atoms with Crippen molar-refractivity contribution in [3.63, 3.8) is 0 Å². The maximum atomic E-state index is 12.2. The molecule has 1 aromatic carbocycles. The van der Waals surface area contributed by atoms with Gasteiger partial charge in [-0.05, 0) is 56.1 Å². The number of hydrogen-bond acceptors (Lipinski definition) is 5. The molecule has 1 amide bonds. The van der Waals surface area contributed by atoms with Crippen LogP contribution in [-0.4, -0.2) is 52.9 Å². The predicted octanol–water partition coefficient (Wildman–Crippen LogP) is 5.34. The molecule has 2 fully saturated rings. The highest BCUT2D eigenvalue weighted by Crippen LogP contribution is 2.22. The van der Waals surface area contributed by atoms with Crippen molar-refractivity contribution in [1.82, 2.24) is 10.6 Å². The van der Waals surface area contributed by atoms with Crippen LogP contribution in [0.4, 0.5) is 0 Å². The molecule has 0 spiro atoms. The zero-order valence-corrected chi connectivity index (χ0v) is 22.4. The first-order valence-corrected chi connectivity index (χ1v) is 15.0. The predicted molar refractivity (Wildman–Crippen MR) is 147 cm³/mol. The average molecular weight is 509 g/mol. The summed E-state index contributed by atoms with van der Waals surface area (Å²) in [6, 6.07) is 10.6. The summed E-state index contributed by atoms with van der Waals surface area (Å²) in [4.78, 5) is 23.4. The van der Waals surface area contributed by atoms with Gasteiger partial charge in [0.1, 0.15) is 6.04 Å². The van der Waals surface area contributed by atoms with Gasteiger partial charge in [-0.25, -0.2) is 4.79 Å². The monoisotopic (exact) mass is 508 g/mol. The van der Waals surface area contributed by atoms with Crippen molar-refractivity contribution >= 4 is 36.3 Å². The van der Waals surface area contributed by atoms with Crippen molar-refractivity contribution in [1.29, 1.82) is 0 Å². The van der Waals surface area contributed by atoms with E-state index in [1.54, 1.807) is 11.8 Å². The summed E-state index contributed by atoms with van der Waals surface area (Å²) in [5.74, 6) is -0.485. The molecular weight excluding hydrogens is 464 g/mol. The molecule has 2 aliphatic rings. The molecule has 3 rings (SSSR count). The molecule has 1 aromatic rings. The van der Waals surface area contributed by atoms with Crippen LogP contribution in [0.2, 0.25) is 0 Å². The third kappa shape index (κ3) is 11.5. The Morgan fingerprint density at radius 2 is 1.56 bits per heavy atom. The van der Waals surface area contributed by atoms with Crippen molar-refractivity contribution in [2.45, 2.75) is 95.2 Å². The van der Waals surface area contributed by atoms with E-state index in [0.29, 0.717) is 24.3 Å². The van der Waals surface area contributed by atoms with E-state index >= 15 is 0 Å². The zero-order chi connectivity index (χ0) is 24.6. The molecular formula is C27H44N2O3S2. The summed E-state index contributed by atoms with van der Waals surface area (Å²) < 4.78 is 0. The summed E-state index contributed by atoms with van der Waals surface area (Å²) >= 11 is 5.78. The highest BCUT2D eigenvalue weighted by molar-refractivity contribution is 7.98. The van der Waals surface area contributed by atoms with E-state index in [1.165, 1.54) is 64.2 Å². The first kappa shape index (κ1) is 29.1. The van der Waals surface area contributed by atoms with E-state index in [1.807, 2.05) is 36.6 Å². The lowest BCUT2D eigenvalue weighted by Gasteiger charge is -2.30. The van der Waals surface area contributed by atoms with Crippen LogP contribution >= 0.6 is 24.4 Å². The number of hydrogen-bond donors (Lipinski definition) is 4. The number of carbonyl (C=O) groups excluding carboxylic acids is 1. The Morgan fingerprint density at radius 3 is 2.03 bits per heavy atom. The summed E-state index contributed by atoms with van der Waals surface area (Å²) in [5, 5.41) is 15.6. The fourth-order valence-corrected chi connectivity index (χ4v) is 5.56. The van der Waals surface area contributed by atoms with Crippen LogP contribution in [0.5, 0.6) is 0 Å². The van der Waals surface area contributed by atoms with E-state index < -0.39 is 12.0 Å². The topological polar surface area (TPSA) is 78.4 Å². The molecule has 0 heterocycles. The number of rotatable bonds is 11. The lowest BCUT2D eigenvalue weighted by molar-refractivity contribution is -0.142. The average Bonchev–Trinajstić information content (AvgIpc) is 2.87. The summed E-state index contributed by atoms with van der Waals surface area (Å²) in [6.07, 6.45) is 17.5. The highest BCUT2D eigenvalue weighted by Gasteiger charge is 2.24. The van der Waals surface area contributed by atoms with Gasteiger partial charge in [-0.3, -0.25) is 4.79 Å². The Labute approximate surface area is 216 Å². The van der Waals surface area contributed by atoms with E-state index in [4.69, 9.17) is 5.11 Å². The van der Waals surface area contributed by atoms with Crippen LogP contribution in [0.1, 0.15) is 76.2 Å². The van der Waals surface area contributed by atoms with Gasteiger partial charge >= 0.3 is 5.97 Å². The van der Waals surface area contributed by atoms with Crippen molar-refractivity contribution in [3.8, 4) is 0 Å². The molecule has 5 nitrogen and oxygen atoms in total. The highest BCUT2D eigenvalue weighted by atomic mass is 32.2. The van der Waals surface area contributed by atoms with Crippen molar-refractivity contribution in [3.05, 3.63) is 35.9 Å². The Balaban J connectivity index is 0.000000266. The number of carbonyl (C=O) groups is 2. The fourth-order valence-electron chi connectivity index (χ4n) is 4.79. The number of aliphatic carboxylic acids is 1. The molecule has 0 bridgehead atoms. The second kappa shape index (κ2) is 17.3. The van der Waals surface area contributed by atoms with Gasteiger partial charge in [0.15, 0.2) is 0 Å². The first-order valence-electron chi connectivity index (χ1n) is 13.0. The quantitative estimate of drug-likeness (QED) is 0.304. The van der Waals surface area contributed by atoms with Crippen LogP contribution in [0.3, 0.4) is 0 Å². The lowest BCUT2D eigenvalue weighted by atomic mass is 9.91. The number of amides is 1. The SMILES string of the molecule is C1CCC(NC2CCCCC2)CC1.CSCC[C@H](NC(=O)C(CS)Cc1ccccc1)C(=O)O. The van der Waals surface area contributed by atoms with E-state index in [2.05, 4.69) is 23.3 Å². The van der Waals surface area contributed by atoms with E-state index in [-0.39, 0.29) is 11.8 Å². The van der Waals surface area contributed by atoms with Crippen molar-refractivity contribution in [2.75, 3.05) is 17.8 Å². The van der Waals surface area contributed by atoms with Crippen molar-refractivity contribution < 1.29 is 14.7 Å². The van der Waals surface area contributed by atoms with Gasteiger partial charge in [-0.15, -0.1) is 0 Å². The summed E-state index contributed by atoms with van der Waals surface area (Å²) in [6.45, 7) is 0. The number of thioether (sulfide) groups is 1. The third-order valence-electron chi connectivity index (χ3n) is 6.82. The normalized spacial score (nSPS) is 18.9. The molecule has 0 aliphatic heterocycles. The molecule has 3 N–H and O–H groups in total. The van der Waals surface area contributed by atoms with Gasteiger partial charge in [-0.1, -0.05) is 68.9 Å². The molecule has 2 saturated carbocycles. The molecule has 7 heteroatoms. The summed E-state index contributed by atoms with van der Waals surface area (Å²) in [7, 11) is 0. The number of carboxylic acids is 1. The van der Waals surface area contributed by atoms with Gasteiger partial charge in [0.05, 0.1) is 5.92 Å². The number of carboxylic acid groups (broad SMARTS) is 1. The minimum Gasteiger partial charge on any atom is -0.480 e. The van der Waals surface area contributed by atoms with Crippen LogP contribution < -0.4 is 10.6 Å². The lowest BCUT2D eigenvalue weighted by Crippen LogP contribution is -2.44.